The van der Waals surface area contributed by atoms with Crippen LogP contribution in [0.4, 0.5) is 0 Å². The second-order valence-electron chi connectivity index (χ2n) is 4.78. The Bertz CT molecular complexity index is 411. The topological polar surface area (TPSA) is 29.1 Å². The molecule has 0 spiro atoms. The van der Waals surface area contributed by atoms with Gasteiger partial charge >= 0.3 is 0 Å². The summed E-state index contributed by atoms with van der Waals surface area (Å²) in [6.45, 7) is 4.10. The molecule has 1 fully saturated rings. The Morgan fingerprint density at radius 2 is 2.35 bits per heavy atom. The van der Waals surface area contributed by atoms with Crippen LogP contribution in [0.15, 0.2) is 18.2 Å². The predicted octanol–water partition coefficient (Wildman–Crippen LogP) is 3.22. The first-order valence-corrected chi connectivity index (χ1v) is 6.54. The van der Waals surface area contributed by atoms with Crippen LogP contribution in [0.3, 0.4) is 0 Å². The van der Waals surface area contributed by atoms with Crippen LogP contribution in [0, 0.1) is 12.8 Å². The summed E-state index contributed by atoms with van der Waals surface area (Å²) in [5, 5.41) is 4.00. The summed E-state index contributed by atoms with van der Waals surface area (Å²) in [6, 6.07) is 5.56. The summed E-state index contributed by atoms with van der Waals surface area (Å²) in [7, 11) is 0. The molecule has 1 aromatic carbocycles. The molecular formula is C14H18ClNO. The Balaban J connectivity index is 1.92. The average molecular weight is 252 g/mol. The van der Waals surface area contributed by atoms with E-state index in [9.17, 15) is 4.79 Å². The number of halogens is 1. The number of hydrogen-bond acceptors (Lipinski definition) is 2. The second-order valence-corrected chi connectivity index (χ2v) is 5.19. The summed E-state index contributed by atoms with van der Waals surface area (Å²) in [4.78, 5) is 12.0. The van der Waals surface area contributed by atoms with Crippen molar-refractivity contribution in [2.24, 2.45) is 5.92 Å². The van der Waals surface area contributed by atoms with E-state index in [2.05, 4.69) is 5.32 Å². The van der Waals surface area contributed by atoms with E-state index in [1.54, 1.807) is 6.07 Å². The van der Waals surface area contributed by atoms with Gasteiger partial charge in [-0.15, -0.1) is 0 Å². The minimum absolute atomic E-state index is 0.207. The highest BCUT2D eigenvalue weighted by Gasteiger charge is 2.16. The summed E-state index contributed by atoms with van der Waals surface area (Å²) >= 11 is 6.02. The van der Waals surface area contributed by atoms with Gasteiger partial charge in [0.1, 0.15) is 0 Å². The largest absolute Gasteiger partial charge is 0.316 e. The predicted molar refractivity (Wildman–Crippen MR) is 70.7 cm³/mol. The number of carbonyl (C=O) groups is 1. The fraction of sp³-hybridized carbons (Fsp3) is 0.500. The van der Waals surface area contributed by atoms with Gasteiger partial charge in [0.05, 0.1) is 0 Å². The van der Waals surface area contributed by atoms with Crippen LogP contribution in [0.5, 0.6) is 0 Å². The first-order chi connectivity index (χ1) is 8.16. The number of ketones is 1. The van der Waals surface area contributed by atoms with Crippen molar-refractivity contribution in [2.45, 2.75) is 26.2 Å². The van der Waals surface area contributed by atoms with E-state index in [1.807, 2.05) is 19.1 Å². The van der Waals surface area contributed by atoms with E-state index in [0.29, 0.717) is 17.4 Å². The molecule has 0 radical (unpaired) electrons. The van der Waals surface area contributed by atoms with E-state index in [1.165, 1.54) is 6.42 Å². The summed E-state index contributed by atoms with van der Waals surface area (Å²) in [5.41, 5.74) is 1.76. The van der Waals surface area contributed by atoms with Gasteiger partial charge < -0.3 is 5.32 Å². The van der Waals surface area contributed by atoms with Crippen LogP contribution < -0.4 is 5.32 Å². The third-order valence-electron chi connectivity index (χ3n) is 3.44. The molecular weight excluding hydrogens is 234 g/mol. The molecule has 1 aromatic rings. The molecule has 1 aliphatic heterocycles. The van der Waals surface area contributed by atoms with Crippen LogP contribution in [-0.4, -0.2) is 18.9 Å². The van der Waals surface area contributed by atoms with Gasteiger partial charge in [-0.25, -0.2) is 0 Å². The zero-order valence-electron chi connectivity index (χ0n) is 10.1. The summed E-state index contributed by atoms with van der Waals surface area (Å²) < 4.78 is 0. The molecule has 3 heteroatoms. The standard InChI is InChI=1S/C14H18ClNO/c1-10-2-4-12(8-13(10)15)14(17)5-3-11-6-7-16-9-11/h2,4,8,11,16H,3,5-7,9H2,1H3. The zero-order chi connectivity index (χ0) is 12.3. The molecule has 0 bridgehead atoms. The van der Waals surface area contributed by atoms with Crippen molar-refractivity contribution in [3.8, 4) is 0 Å². The van der Waals surface area contributed by atoms with Gasteiger partial charge in [0, 0.05) is 17.0 Å². The van der Waals surface area contributed by atoms with Gasteiger partial charge in [0.2, 0.25) is 0 Å². The molecule has 2 rings (SSSR count). The lowest BCUT2D eigenvalue weighted by Gasteiger charge is -2.07. The first-order valence-electron chi connectivity index (χ1n) is 6.17. The van der Waals surface area contributed by atoms with Gasteiger partial charge in [-0.2, -0.15) is 0 Å². The van der Waals surface area contributed by atoms with Gasteiger partial charge in [0.25, 0.3) is 0 Å². The molecule has 1 N–H and O–H groups in total. The third kappa shape index (κ3) is 3.30. The fourth-order valence-electron chi connectivity index (χ4n) is 2.21. The SMILES string of the molecule is Cc1ccc(C(=O)CCC2CCNC2)cc1Cl. The number of carbonyl (C=O) groups excluding carboxylic acids is 1. The van der Waals surface area contributed by atoms with Crippen molar-refractivity contribution in [1.82, 2.24) is 5.32 Å². The molecule has 1 unspecified atom stereocenters. The zero-order valence-corrected chi connectivity index (χ0v) is 10.9. The molecule has 0 amide bonds. The Labute approximate surface area is 107 Å². The molecule has 0 aliphatic carbocycles. The number of Topliss-reactive ketones (excluding diaryl/α,β-unsaturated/α-hetero) is 1. The van der Waals surface area contributed by atoms with Crippen LogP contribution in [0.25, 0.3) is 0 Å². The van der Waals surface area contributed by atoms with Gasteiger partial charge in [0.15, 0.2) is 5.78 Å². The lowest BCUT2D eigenvalue weighted by atomic mass is 9.98. The lowest BCUT2D eigenvalue weighted by molar-refractivity contribution is 0.0974. The third-order valence-corrected chi connectivity index (χ3v) is 3.84. The summed E-state index contributed by atoms with van der Waals surface area (Å²) in [6.07, 6.45) is 2.81. The lowest BCUT2D eigenvalue weighted by Crippen LogP contribution is -2.10. The molecule has 0 aromatic heterocycles. The van der Waals surface area contributed by atoms with E-state index in [4.69, 9.17) is 11.6 Å². The molecule has 1 aliphatic rings. The maximum atomic E-state index is 12.0. The van der Waals surface area contributed by atoms with Gasteiger partial charge in [-0.05, 0) is 50.4 Å². The molecule has 17 heavy (non-hydrogen) atoms. The minimum Gasteiger partial charge on any atom is -0.316 e. The van der Waals surface area contributed by atoms with Crippen molar-refractivity contribution in [1.29, 1.82) is 0 Å². The van der Waals surface area contributed by atoms with Crippen LogP contribution in [0.1, 0.15) is 35.2 Å². The first kappa shape index (κ1) is 12.6. The van der Waals surface area contributed by atoms with Crippen molar-refractivity contribution < 1.29 is 4.79 Å². The van der Waals surface area contributed by atoms with Crippen LogP contribution >= 0.6 is 11.6 Å². The Kier molecular flexibility index (Phi) is 4.19. The fourth-order valence-corrected chi connectivity index (χ4v) is 2.39. The number of rotatable bonds is 4. The molecule has 2 nitrogen and oxygen atoms in total. The molecule has 1 heterocycles. The monoisotopic (exact) mass is 251 g/mol. The van der Waals surface area contributed by atoms with E-state index in [-0.39, 0.29) is 5.78 Å². The quantitative estimate of drug-likeness (QED) is 0.833. The normalized spacial score (nSPS) is 19.5. The van der Waals surface area contributed by atoms with Gasteiger partial charge in [-0.1, -0.05) is 23.7 Å². The van der Waals surface area contributed by atoms with E-state index < -0.39 is 0 Å². The molecule has 0 saturated carbocycles. The van der Waals surface area contributed by atoms with E-state index in [0.717, 1.165) is 30.6 Å². The summed E-state index contributed by atoms with van der Waals surface area (Å²) in [5.74, 6) is 0.874. The van der Waals surface area contributed by atoms with Crippen molar-refractivity contribution in [2.75, 3.05) is 13.1 Å². The number of benzene rings is 1. The van der Waals surface area contributed by atoms with Gasteiger partial charge in [-0.3, -0.25) is 4.79 Å². The number of aryl methyl sites for hydroxylation is 1. The highest BCUT2D eigenvalue weighted by atomic mass is 35.5. The van der Waals surface area contributed by atoms with Crippen molar-refractivity contribution >= 4 is 17.4 Å². The van der Waals surface area contributed by atoms with Crippen LogP contribution in [0.2, 0.25) is 5.02 Å². The Hall–Kier alpha value is -0.860. The van der Waals surface area contributed by atoms with Crippen molar-refractivity contribution in [3.05, 3.63) is 34.3 Å². The number of nitrogens with one attached hydrogen (secondary N) is 1. The van der Waals surface area contributed by atoms with Crippen molar-refractivity contribution in [3.63, 3.8) is 0 Å². The number of hydrogen-bond donors (Lipinski definition) is 1. The Morgan fingerprint density at radius 3 is 3.00 bits per heavy atom. The average Bonchev–Trinajstić information content (AvgIpc) is 2.82. The van der Waals surface area contributed by atoms with E-state index >= 15 is 0 Å². The highest BCUT2D eigenvalue weighted by Crippen LogP contribution is 2.20. The molecule has 92 valence electrons. The highest BCUT2D eigenvalue weighted by molar-refractivity contribution is 6.31. The second kappa shape index (κ2) is 5.65. The maximum absolute atomic E-state index is 12.0. The molecule has 1 atom stereocenters. The Morgan fingerprint density at radius 1 is 1.53 bits per heavy atom. The van der Waals surface area contributed by atoms with Crippen LogP contribution in [-0.2, 0) is 0 Å². The molecule has 1 saturated heterocycles. The minimum atomic E-state index is 0.207. The maximum Gasteiger partial charge on any atom is 0.162 e. The smallest absolute Gasteiger partial charge is 0.162 e.